The Morgan fingerprint density at radius 3 is 2.85 bits per heavy atom. The van der Waals surface area contributed by atoms with Gasteiger partial charge in [0.2, 0.25) is 0 Å². The summed E-state index contributed by atoms with van der Waals surface area (Å²) in [6, 6.07) is 1.88. The first-order valence-corrected chi connectivity index (χ1v) is 7.06. The van der Waals surface area contributed by atoms with E-state index in [0.29, 0.717) is 5.92 Å². The van der Waals surface area contributed by atoms with Gasteiger partial charge in [-0.3, -0.25) is 9.78 Å². The molecule has 2 heterocycles. The third-order valence-electron chi connectivity index (χ3n) is 4.32. The van der Waals surface area contributed by atoms with Gasteiger partial charge in [-0.2, -0.15) is 0 Å². The van der Waals surface area contributed by atoms with Crippen LogP contribution in [0.5, 0.6) is 0 Å². The number of ether oxygens (including phenoxy) is 1. The van der Waals surface area contributed by atoms with Crippen LogP contribution >= 0.6 is 0 Å². The average Bonchev–Trinajstić information content (AvgIpc) is 3.09. The molecule has 0 N–H and O–H groups in total. The lowest BCUT2D eigenvalue weighted by molar-refractivity contribution is -0.144. The molecule has 5 heteroatoms. The van der Waals surface area contributed by atoms with E-state index in [0.717, 1.165) is 29.7 Å². The van der Waals surface area contributed by atoms with Crippen LogP contribution in [0.4, 0.5) is 0 Å². The summed E-state index contributed by atoms with van der Waals surface area (Å²) >= 11 is 0. The van der Waals surface area contributed by atoms with Crippen LogP contribution in [0.1, 0.15) is 37.4 Å². The standard InChI is InChI=1S/C15H19N3O2/c1-18-12-9-16-8-7-11(12)17-14(18)13(15(19)20-2)10-5-3-4-6-10/h7-10,13H,3-6H2,1-2H3. The molecule has 0 amide bonds. The van der Waals surface area contributed by atoms with Crippen molar-refractivity contribution in [1.82, 2.24) is 14.5 Å². The molecule has 2 aromatic heterocycles. The molecule has 1 atom stereocenters. The van der Waals surface area contributed by atoms with Crippen molar-refractivity contribution in [2.75, 3.05) is 7.11 Å². The van der Waals surface area contributed by atoms with Crippen molar-refractivity contribution in [3.05, 3.63) is 24.3 Å². The molecule has 106 valence electrons. The van der Waals surface area contributed by atoms with Crippen molar-refractivity contribution in [2.45, 2.75) is 31.6 Å². The Bertz CT molecular complexity index is 629. The van der Waals surface area contributed by atoms with Crippen molar-refractivity contribution in [3.8, 4) is 0 Å². The quantitative estimate of drug-likeness (QED) is 0.806. The fourth-order valence-electron chi connectivity index (χ4n) is 3.26. The van der Waals surface area contributed by atoms with Crippen LogP contribution in [0.25, 0.3) is 11.0 Å². The van der Waals surface area contributed by atoms with E-state index < -0.39 is 0 Å². The van der Waals surface area contributed by atoms with E-state index in [1.807, 2.05) is 17.7 Å². The fraction of sp³-hybridized carbons (Fsp3) is 0.533. The van der Waals surface area contributed by atoms with Crippen LogP contribution in [0.2, 0.25) is 0 Å². The highest BCUT2D eigenvalue weighted by atomic mass is 16.5. The maximum Gasteiger partial charge on any atom is 0.316 e. The summed E-state index contributed by atoms with van der Waals surface area (Å²) in [6.07, 6.45) is 8.02. The Balaban J connectivity index is 2.08. The van der Waals surface area contributed by atoms with Crippen molar-refractivity contribution >= 4 is 17.0 Å². The minimum Gasteiger partial charge on any atom is -0.468 e. The minimum atomic E-state index is -0.264. The number of imidazole rings is 1. The Hall–Kier alpha value is -1.91. The van der Waals surface area contributed by atoms with Crippen molar-refractivity contribution < 1.29 is 9.53 Å². The first kappa shape index (κ1) is 13.1. The zero-order valence-corrected chi connectivity index (χ0v) is 11.9. The number of carbonyl (C=O) groups is 1. The molecule has 0 spiro atoms. The topological polar surface area (TPSA) is 57.0 Å². The molecule has 0 aromatic carbocycles. The van der Waals surface area contributed by atoms with E-state index >= 15 is 0 Å². The number of hydrogen-bond acceptors (Lipinski definition) is 4. The lowest BCUT2D eigenvalue weighted by Gasteiger charge is -2.20. The molecule has 2 aromatic rings. The second kappa shape index (κ2) is 5.23. The molecule has 0 saturated heterocycles. The lowest BCUT2D eigenvalue weighted by atomic mass is 9.90. The Kier molecular flexibility index (Phi) is 3.42. The molecule has 1 unspecified atom stereocenters. The van der Waals surface area contributed by atoms with E-state index in [9.17, 15) is 4.79 Å². The normalized spacial score (nSPS) is 17.5. The number of methoxy groups -OCH3 is 1. The van der Waals surface area contributed by atoms with Gasteiger partial charge in [-0.1, -0.05) is 12.8 Å². The first-order chi connectivity index (χ1) is 9.72. The highest BCUT2D eigenvalue weighted by molar-refractivity contribution is 5.81. The molecule has 0 radical (unpaired) electrons. The van der Waals surface area contributed by atoms with E-state index in [-0.39, 0.29) is 11.9 Å². The summed E-state index contributed by atoms with van der Waals surface area (Å²) in [6.45, 7) is 0. The number of esters is 1. The van der Waals surface area contributed by atoms with Crippen LogP contribution in [0, 0.1) is 5.92 Å². The van der Waals surface area contributed by atoms with Crippen LogP contribution in [-0.2, 0) is 16.6 Å². The highest BCUT2D eigenvalue weighted by Crippen LogP contribution is 2.38. The third kappa shape index (κ3) is 2.07. The van der Waals surface area contributed by atoms with Crippen LogP contribution in [0.3, 0.4) is 0 Å². The van der Waals surface area contributed by atoms with Crippen molar-refractivity contribution in [3.63, 3.8) is 0 Å². The van der Waals surface area contributed by atoms with Gasteiger partial charge in [0.1, 0.15) is 11.7 Å². The Morgan fingerprint density at radius 1 is 1.45 bits per heavy atom. The molecule has 3 rings (SSSR count). The predicted molar refractivity (Wildman–Crippen MR) is 75.2 cm³/mol. The minimum absolute atomic E-state index is 0.178. The van der Waals surface area contributed by atoms with Gasteiger partial charge in [-0.25, -0.2) is 4.98 Å². The van der Waals surface area contributed by atoms with Crippen LogP contribution in [-0.4, -0.2) is 27.6 Å². The summed E-state index contributed by atoms with van der Waals surface area (Å²) < 4.78 is 7.00. The molecule has 1 saturated carbocycles. The van der Waals surface area contributed by atoms with Gasteiger partial charge >= 0.3 is 5.97 Å². The van der Waals surface area contributed by atoms with Gasteiger partial charge in [0, 0.05) is 13.2 Å². The van der Waals surface area contributed by atoms with Gasteiger partial charge in [0.25, 0.3) is 0 Å². The number of nitrogens with zero attached hydrogens (tertiary/aromatic N) is 3. The molecule has 0 aliphatic heterocycles. The summed E-state index contributed by atoms with van der Waals surface area (Å²) in [5, 5.41) is 0. The highest BCUT2D eigenvalue weighted by Gasteiger charge is 2.36. The Morgan fingerprint density at radius 2 is 2.20 bits per heavy atom. The van der Waals surface area contributed by atoms with Crippen molar-refractivity contribution in [2.24, 2.45) is 13.0 Å². The number of carbonyl (C=O) groups excluding carboxylic acids is 1. The Labute approximate surface area is 118 Å². The zero-order chi connectivity index (χ0) is 14.1. The molecule has 5 nitrogen and oxygen atoms in total. The fourth-order valence-corrected chi connectivity index (χ4v) is 3.26. The summed E-state index contributed by atoms with van der Waals surface area (Å²) in [5.74, 6) is 0.695. The van der Waals surface area contributed by atoms with Gasteiger partial charge < -0.3 is 9.30 Å². The maximum absolute atomic E-state index is 12.2. The molecule has 20 heavy (non-hydrogen) atoms. The lowest BCUT2D eigenvalue weighted by Crippen LogP contribution is -2.24. The summed E-state index contributed by atoms with van der Waals surface area (Å²) in [4.78, 5) is 21.0. The third-order valence-corrected chi connectivity index (χ3v) is 4.32. The first-order valence-electron chi connectivity index (χ1n) is 7.06. The largest absolute Gasteiger partial charge is 0.468 e. The van der Waals surface area contributed by atoms with E-state index in [4.69, 9.17) is 4.74 Å². The summed E-state index contributed by atoms with van der Waals surface area (Å²) in [7, 11) is 3.39. The SMILES string of the molecule is COC(=O)C(c1nc2ccncc2n1C)C1CCCC1. The summed E-state index contributed by atoms with van der Waals surface area (Å²) in [5.41, 5.74) is 1.83. The molecule has 1 fully saturated rings. The van der Waals surface area contributed by atoms with Crippen molar-refractivity contribution in [1.29, 1.82) is 0 Å². The number of fused-ring (bicyclic) bond motifs is 1. The second-order valence-electron chi connectivity index (χ2n) is 5.44. The molecule has 1 aliphatic carbocycles. The number of pyridine rings is 1. The van der Waals surface area contributed by atoms with E-state index in [1.165, 1.54) is 20.0 Å². The zero-order valence-electron chi connectivity index (χ0n) is 11.9. The maximum atomic E-state index is 12.2. The van der Waals surface area contributed by atoms with E-state index in [1.54, 1.807) is 12.4 Å². The van der Waals surface area contributed by atoms with Crippen LogP contribution in [0.15, 0.2) is 18.5 Å². The average molecular weight is 273 g/mol. The molecular formula is C15H19N3O2. The molecule has 0 bridgehead atoms. The van der Waals surface area contributed by atoms with Gasteiger partial charge in [-0.05, 0) is 24.8 Å². The number of hydrogen-bond donors (Lipinski definition) is 0. The molecular weight excluding hydrogens is 254 g/mol. The number of rotatable bonds is 3. The van der Waals surface area contributed by atoms with Gasteiger partial charge in [0.15, 0.2) is 0 Å². The number of aromatic nitrogens is 3. The smallest absolute Gasteiger partial charge is 0.316 e. The predicted octanol–water partition coefficient (Wildman–Crippen LogP) is 2.42. The molecule has 1 aliphatic rings. The second-order valence-corrected chi connectivity index (χ2v) is 5.44. The number of aryl methyl sites for hydroxylation is 1. The van der Waals surface area contributed by atoms with Crippen LogP contribution < -0.4 is 0 Å². The van der Waals surface area contributed by atoms with Gasteiger partial charge in [-0.15, -0.1) is 0 Å². The van der Waals surface area contributed by atoms with E-state index in [2.05, 4.69) is 9.97 Å². The van der Waals surface area contributed by atoms with Gasteiger partial charge in [0.05, 0.1) is 24.3 Å². The monoisotopic (exact) mass is 273 g/mol.